The van der Waals surface area contributed by atoms with Crippen LogP contribution in [-0.2, 0) is 28.8 Å². The van der Waals surface area contributed by atoms with E-state index in [4.69, 9.17) is 14.4 Å². The van der Waals surface area contributed by atoms with E-state index in [1.165, 1.54) is 46.0 Å². The van der Waals surface area contributed by atoms with Crippen LogP contribution in [0.5, 0.6) is 0 Å². The minimum absolute atomic E-state index is 0.223. The largest absolute Gasteiger partial charge is 0.463 e. The van der Waals surface area contributed by atoms with Crippen LogP contribution in [0.25, 0.3) is 6.08 Å². The first kappa shape index (κ1) is 26.1. The van der Waals surface area contributed by atoms with Crippen molar-refractivity contribution in [3.05, 3.63) is 54.4 Å². The fourth-order valence-corrected chi connectivity index (χ4v) is 2.75. The summed E-state index contributed by atoms with van der Waals surface area (Å²) in [6.07, 6.45) is 10.1. The molecule has 0 aromatic heterocycles. The van der Waals surface area contributed by atoms with Crippen LogP contribution in [0.15, 0.2) is 48.8 Å². The van der Waals surface area contributed by atoms with Crippen molar-refractivity contribution < 1.29 is 28.8 Å². The van der Waals surface area contributed by atoms with E-state index in [9.17, 15) is 14.4 Å². The Morgan fingerprint density at radius 2 is 1.48 bits per heavy atom. The number of nitrogens with zero attached hydrogens (tertiary/aromatic N) is 2. The van der Waals surface area contributed by atoms with Crippen molar-refractivity contribution in [2.24, 2.45) is 0 Å². The maximum Gasteiger partial charge on any atom is 0.344 e. The van der Waals surface area contributed by atoms with Crippen LogP contribution in [0, 0.1) is 0 Å². The Morgan fingerprint density at radius 3 is 2.00 bits per heavy atom. The van der Waals surface area contributed by atoms with Crippen molar-refractivity contribution in [3.63, 3.8) is 0 Å². The summed E-state index contributed by atoms with van der Waals surface area (Å²) in [5, 5.41) is 1.78. The van der Waals surface area contributed by atoms with Crippen LogP contribution in [0.3, 0.4) is 0 Å². The van der Waals surface area contributed by atoms with Gasteiger partial charge in [-0.3, -0.25) is 19.3 Å². The third kappa shape index (κ3) is 8.74. The molecule has 2 amide bonds. The molecule has 0 bridgehead atoms. The molecule has 2 rings (SSSR count). The Balaban J connectivity index is 0.000000330. The molecule has 1 aromatic rings. The van der Waals surface area contributed by atoms with Crippen molar-refractivity contribution in [1.29, 1.82) is 0 Å². The lowest BCUT2D eigenvalue weighted by Crippen LogP contribution is -2.26. The van der Waals surface area contributed by atoms with E-state index < -0.39 is 11.8 Å². The monoisotopic (exact) mass is 432 g/mol. The molecule has 0 radical (unpaired) electrons. The highest BCUT2D eigenvalue weighted by atomic mass is 16.7. The summed E-state index contributed by atoms with van der Waals surface area (Å²) in [7, 11) is 2.62. The highest BCUT2D eigenvalue weighted by Crippen LogP contribution is 2.23. The van der Waals surface area contributed by atoms with Gasteiger partial charge in [-0.05, 0) is 18.1 Å². The number of hydroxylamine groups is 4. The van der Waals surface area contributed by atoms with E-state index in [2.05, 4.69) is 13.5 Å². The molecule has 0 spiro atoms. The van der Waals surface area contributed by atoms with Gasteiger partial charge in [0.15, 0.2) is 5.82 Å². The average molecular weight is 433 g/mol. The third-order valence-electron chi connectivity index (χ3n) is 4.34. The molecule has 1 aliphatic heterocycles. The maximum atomic E-state index is 11.6. The highest BCUT2D eigenvalue weighted by Gasteiger charge is 2.43. The van der Waals surface area contributed by atoms with Crippen LogP contribution >= 0.6 is 0 Å². The number of unbranched alkanes of at least 4 members (excludes halogenated alkanes) is 5. The number of ether oxygens (including phenoxy) is 1. The molecule has 1 heterocycles. The molecule has 1 aliphatic rings. The minimum Gasteiger partial charge on any atom is -0.463 e. The van der Waals surface area contributed by atoms with Gasteiger partial charge in [-0.15, -0.1) is 0 Å². The van der Waals surface area contributed by atoms with Crippen molar-refractivity contribution in [2.45, 2.75) is 45.4 Å². The van der Waals surface area contributed by atoms with E-state index in [1.54, 1.807) is 6.08 Å². The van der Waals surface area contributed by atoms with Gasteiger partial charge in [-0.1, -0.05) is 75.9 Å². The first-order valence-corrected chi connectivity index (χ1v) is 10.3. The van der Waals surface area contributed by atoms with Gasteiger partial charge in [-0.25, -0.2) is 4.79 Å². The number of esters is 1. The van der Waals surface area contributed by atoms with E-state index >= 15 is 0 Å². The fourth-order valence-electron chi connectivity index (χ4n) is 2.75. The minimum atomic E-state index is -0.790. The van der Waals surface area contributed by atoms with Gasteiger partial charge in [0.25, 0.3) is 0 Å². The Morgan fingerprint density at radius 1 is 0.935 bits per heavy atom. The fraction of sp³-hybridized carbons (Fsp3) is 0.435. The van der Waals surface area contributed by atoms with Gasteiger partial charge >= 0.3 is 17.8 Å². The van der Waals surface area contributed by atoms with Crippen molar-refractivity contribution in [1.82, 2.24) is 10.1 Å². The molecular formula is C23H32N2O6. The van der Waals surface area contributed by atoms with E-state index in [0.29, 0.717) is 6.61 Å². The number of rotatable bonds is 11. The number of benzene rings is 1. The normalized spacial score (nSPS) is 13.1. The first-order chi connectivity index (χ1) is 15.0. The number of hydrogen-bond donors (Lipinski definition) is 0. The average Bonchev–Trinajstić information content (AvgIpc) is 3.02. The third-order valence-corrected chi connectivity index (χ3v) is 4.34. The van der Waals surface area contributed by atoms with Crippen molar-refractivity contribution in [2.75, 3.05) is 20.8 Å². The van der Waals surface area contributed by atoms with Gasteiger partial charge in [0, 0.05) is 6.08 Å². The Labute approximate surface area is 184 Å². The summed E-state index contributed by atoms with van der Waals surface area (Å²) in [5.41, 5.74) is 0.819. The van der Waals surface area contributed by atoms with Gasteiger partial charge in [0.1, 0.15) is 0 Å². The molecule has 1 aromatic carbocycles. The lowest BCUT2D eigenvalue weighted by molar-refractivity contribution is -0.164. The van der Waals surface area contributed by atoms with Gasteiger partial charge in [0.2, 0.25) is 0 Å². The SMILES string of the molecule is C=CC(=O)OCCCCCCCC.CON1C(=O)C(=O)N(OC)C1=Cc1ccccc1. The Kier molecular flexibility index (Phi) is 12.5. The summed E-state index contributed by atoms with van der Waals surface area (Å²) >= 11 is 0. The predicted molar refractivity (Wildman–Crippen MR) is 117 cm³/mol. The quantitative estimate of drug-likeness (QED) is 0.228. The summed E-state index contributed by atoms with van der Waals surface area (Å²) in [6.45, 7) is 6.06. The van der Waals surface area contributed by atoms with Crippen molar-refractivity contribution >= 4 is 23.9 Å². The molecule has 0 atom stereocenters. The van der Waals surface area contributed by atoms with Crippen LogP contribution in [0.2, 0.25) is 0 Å². The molecule has 8 heteroatoms. The number of carbonyl (C=O) groups excluding carboxylic acids is 3. The molecule has 170 valence electrons. The smallest absolute Gasteiger partial charge is 0.344 e. The molecular weight excluding hydrogens is 400 g/mol. The highest BCUT2D eigenvalue weighted by molar-refractivity contribution is 6.37. The van der Waals surface area contributed by atoms with E-state index in [0.717, 1.165) is 28.5 Å². The number of hydrogen-bond acceptors (Lipinski definition) is 6. The zero-order chi connectivity index (χ0) is 23.1. The zero-order valence-corrected chi connectivity index (χ0v) is 18.5. The second-order valence-electron chi connectivity index (χ2n) is 6.62. The zero-order valence-electron chi connectivity index (χ0n) is 18.5. The maximum absolute atomic E-state index is 11.6. The molecule has 0 N–H and O–H groups in total. The topological polar surface area (TPSA) is 85.4 Å². The molecule has 0 aliphatic carbocycles. The second kappa shape index (κ2) is 14.9. The molecule has 8 nitrogen and oxygen atoms in total. The standard InChI is InChI=1S/C12H12N2O4.C11H20O2/c1-17-13-10(8-9-6-4-3-5-7-9)14(18-2)12(16)11(13)15;1-3-5-6-7-8-9-10-13-11(12)4-2/h3-8H,1-2H3;4H,2-3,5-10H2,1H3. The Bertz CT molecular complexity index is 724. The molecule has 31 heavy (non-hydrogen) atoms. The molecule has 1 saturated heterocycles. The number of carbonyl (C=O) groups is 3. The van der Waals surface area contributed by atoms with Gasteiger partial charge < -0.3 is 4.74 Å². The second-order valence-corrected chi connectivity index (χ2v) is 6.62. The van der Waals surface area contributed by atoms with Gasteiger partial charge in [0.05, 0.1) is 20.8 Å². The van der Waals surface area contributed by atoms with Crippen LogP contribution in [0.1, 0.15) is 51.0 Å². The van der Waals surface area contributed by atoms with Crippen LogP contribution in [0.4, 0.5) is 0 Å². The van der Waals surface area contributed by atoms with E-state index in [-0.39, 0.29) is 11.8 Å². The lowest BCUT2D eigenvalue weighted by atomic mass is 10.1. The van der Waals surface area contributed by atoms with Gasteiger partial charge in [-0.2, -0.15) is 10.1 Å². The number of amides is 2. The summed E-state index contributed by atoms with van der Waals surface area (Å²) < 4.78 is 4.84. The van der Waals surface area contributed by atoms with E-state index in [1.807, 2.05) is 30.3 Å². The Hall–Kier alpha value is -2.97. The first-order valence-electron chi connectivity index (χ1n) is 10.3. The molecule has 0 unspecified atom stereocenters. The lowest BCUT2D eigenvalue weighted by Gasteiger charge is -2.17. The molecule has 1 fully saturated rings. The van der Waals surface area contributed by atoms with Crippen molar-refractivity contribution in [3.8, 4) is 0 Å². The van der Waals surface area contributed by atoms with Crippen LogP contribution < -0.4 is 0 Å². The molecule has 0 saturated carbocycles. The summed E-state index contributed by atoms with van der Waals surface area (Å²) in [4.78, 5) is 43.6. The summed E-state index contributed by atoms with van der Waals surface area (Å²) in [6, 6.07) is 9.23. The predicted octanol–water partition coefficient (Wildman–Crippen LogP) is 3.85. The summed E-state index contributed by atoms with van der Waals surface area (Å²) in [5.74, 6) is -1.67. The van der Waals surface area contributed by atoms with Crippen LogP contribution in [-0.4, -0.2) is 48.7 Å².